The van der Waals surface area contributed by atoms with Gasteiger partial charge in [0, 0.05) is 10.9 Å². The number of ether oxygens (including phenoxy) is 1. The molecule has 2 N–H and O–H groups in total. The Kier molecular flexibility index (Phi) is 3.63. The fourth-order valence-electron chi connectivity index (χ4n) is 1.79. The summed E-state index contributed by atoms with van der Waals surface area (Å²) in [6, 6.07) is 4.33. The number of hydrogen-bond acceptors (Lipinski definition) is 4. The van der Waals surface area contributed by atoms with E-state index in [1.165, 1.54) is 23.5 Å². The van der Waals surface area contributed by atoms with Gasteiger partial charge in [-0.1, -0.05) is 0 Å². The first-order valence-electron chi connectivity index (χ1n) is 5.59. The number of methoxy groups -OCH3 is 1. The molecule has 1 aromatic heterocycles. The van der Waals surface area contributed by atoms with Gasteiger partial charge in [-0.15, -0.1) is 11.3 Å². The van der Waals surface area contributed by atoms with Crippen LogP contribution in [0.15, 0.2) is 18.2 Å². The van der Waals surface area contributed by atoms with Gasteiger partial charge in [-0.05, 0) is 32.0 Å². The average molecular weight is 266 g/mol. The van der Waals surface area contributed by atoms with Crippen molar-refractivity contribution in [2.75, 3.05) is 7.11 Å². The highest BCUT2D eigenvalue weighted by Gasteiger charge is 2.16. The molecule has 0 amide bonds. The molecule has 0 bridgehead atoms. The van der Waals surface area contributed by atoms with Crippen LogP contribution in [0.25, 0.3) is 10.6 Å². The fourth-order valence-corrected chi connectivity index (χ4v) is 2.83. The van der Waals surface area contributed by atoms with E-state index >= 15 is 0 Å². The first-order valence-corrected chi connectivity index (χ1v) is 6.41. The molecule has 0 saturated heterocycles. The van der Waals surface area contributed by atoms with E-state index in [0.717, 1.165) is 15.6 Å². The third kappa shape index (κ3) is 2.37. The topological polar surface area (TPSA) is 48.1 Å². The van der Waals surface area contributed by atoms with Crippen molar-refractivity contribution in [2.45, 2.75) is 19.9 Å². The minimum Gasteiger partial charge on any atom is -0.496 e. The van der Waals surface area contributed by atoms with E-state index < -0.39 is 0 Å². The molecule has 2 rings (SSSR count). The van der Waals surface area contributed by atoms with Gasteiger partial charge in [0.1, 0.15) is 16.6 Å². The maximum atomic E-state index is 13.3. The van der Waals surface area contributed by atoms with Crippen molar-refractivity contribution < 1.29 is 9.13 Å². The van der Waals surface area contributed by atoms with Gasteiger partial charge in [-0.25, -0.2) is 9.37 Å². The number of nitrogens with zero attached hydrogens (tertiary/aromatic N) is 1. The summed E-state index contributed by atoms with van der Waals surface area (Å²) < 4.78 is 18.6. The Bertz CT molecular complexity index is 566. The predicted octanol–water partition coefficient (Wildman–Crippen LogP) is 3.29. The highest BCUT2D eigenvalue weighted by Crippen LogP contribution is 2.36. The summed E-state index contributed by atoms with van der Waals surface area (Å²) in [6.45, 7) is 3.82. The minimum atomic E-state index is -0.305. The second kappa shape index (κ2) is 5.04. The average Bonchev–Trinajstić information content (AvgIpc) is 2.71. The maximum absolute atomic E-state index is 13.3. The van der Waals surface area contributed by atoms with E-state index in [2.05, 4.69) is 4.98 Å². The lowest BCUT2D eigenvalue weighted by Crippen LogP contribution is -2.03. The van der Waals surface area contributed by atoms with Gasteiger partial charge in [0.2, 0.25) is 0 Å². The summed E-state index contributed by atoms with van der Waals surface area (Å²) in [6.07, 6.45) is 0. The first-order chi connectivity index (χ1) is 8.52. The van der Waals surface area contributed by atoms with Crippen molar-refractivity contribution in [1.82, 2.24) is 4.98 Å². The van der Waals surface area contributed by atoms with Gasteiger partial charge in [0.05, 0.1) is 18.4 Å². The van der Waals surface area contributed by atoms with E-state index in [-0.39, 0.29) is 11.9 Å². The third-order valence-electron chi connectivity index (χ3n) is 2.64. The maximum Gasteiger partial charge on any atom is 0.129 e. The van der Waals surface area contributed by atoms with Crippen LogP contribution in [0.3, 0.4) is 0 Å². The molecule has 18 heavy (non-hydrogen) atoms. The van der Waals surface area contributed by atoms with E-state index in [1.807, 2.05) is 13.8 Å². The van der Waals surface area contributed by atoms with Gasteiger partial charge in [0.25, 0.3) is 0 Å². The molecule has 0 saturated carbocycles. The third-order valence-corrected chi connectivity index (χ3v) is 4.03. The minimum absolute atomic E-state index is 0.0733. The Morgan fingerprint density at radius 1 is 1.44 bits per heavy atom. The molecule has 3 nitrogen and oxygen atoms in total. The second-order valence-corrected chi connectivity index (χ2v) is 5.13. The molecule has 0 fully saturated rings. The van der Waals surface area contributed by atoms with Crippen molar-refractivity contribution in [3.8, 4) is 16.3 Å². The van der Waals surface area contributed by atoms with E-state index in [1.54, 1.807) is 13.2 Å². The lowest BCUT2D eigenvalue weighted by molar-refractivity contribution is 0.415. The lowest BCUT2D eigenvalue weighted by atomic mass is 10.2. The number of thiazole rings is 1. The van der Waals surface area contributed by atoms with Crippen LogP contribution in [0.4, 0.5) is 4.39 Å². The molecule has 1 heterocycles. The number of aromatic nitrogens is 1. The summed E-state index contributed by atoms with van der Waals surface area (Å²) in [5.74, 6) is 0.308. The Morgan fingerprint density at radius 2 is 2.17 bits per heavy atom. The quantitative estimate of drug-likeness (QED) is 0.927. The zero-order chi connectivity index (χ0) is 13.3. The molecule has 5 heteroatoms. The molecule has 0 aliphatic carbocycles. The molecule has 0 aliphatic heterocycles. The summed E-state index contributed by atoms with van der Waals surface area (Å²) >= 11 is 1.48. The molecular weight excluding hydrogens is 251 g/mol. The van der Waals surface area contributed by atoms with Crippen LogP contribution in [0.2, 0.25) is 0 Å². The van der Waals surface area contributed by atoms with Gasteiger partial charge in [0.15, 0.2) is 0 Å². The van der Waals surface area contributed by atoms with Gasteiger partial charge in [-0.3, -0.25) is 0 Å². The molecule has 0 spiro atoms. The molecule has 96 valence electrons. The fraction of sp³-hybridized carbons (Fsp3) is 0.308. The van der Waals surface area contributed by atoms with E-state index in [4.69, 9.17) is 10.5 Å². The molecule has 1 unspecified atom stereocenters. The van der Waals surface area contributed by atoms with Gasteiger partial charge < -0.3 is 10.5 Å². The molecule has 1 atom stereocenters. The lowest BCUT2D eigenvalue weighted by Gasteiger charge is -2.05. The molecular formula is C13H15FN2OS. The van der Waals surface area contributed by atoms with Crippen LogP contribution in [-0.4, -0.2) is 12.1 Å². The van der Waals surface area contributed by atoms with Crippen LogP contribution < -0.4 is 10.5 Å². The van der Waals surface area contributed by atoms with Crippen molar-refractivity contribution in [2.24, 2.45) is 5.73 Å². The van der Waals surface area contributed by atoms with E-state index in [9.17, 15) is 4.39 Å². The van der Waals surface area contributed by atoms with Crippen LogP contribution in [0.5, 0.6) is 5.75 Å². The normalized spacial score (nSPS) is 12.5. The summed E-state index contributed by atoms with van der Waals surface area (Å²) in [5, 5.41) is 0.733. The predicted molar refractivity (Wildman–Crippen MR) is 71.4 cm³/mol. The molecule has 0 radical (unpaired) electrons. The van der Waals surface area contributed by atoms with Gasteiger partial charge in [-0.2, -0.15) is 0 Å². The number of nitrogens with two attached hydrogens (primary N) is 1. The molecule has 2 aromatic rings. The highest BCUT2D eigenvalue weighted by atomic mass is 32.1. The summed E-state index contributed by atoms with van der Waals surface area (Å²) in [7, 11) is 1.56. The van der Waals surface area contributed by atoms with Crippen molar-refractivity contribution in [3.63, 3.8) is 0 Å². The number of halogens is 1. The van der Waals surface area contributed by atoms with Crippen molar-refractivity contribution >= 4 is 11.3 Å². The summed E-state index contributed by atoms with van der Waals surface area (Å²) in [5.41, 5.74) is 7.42. The Labute approximate surface area is 109 Å². The molecule has 0 aliphatic rings. The molecule has 1 aromatic carbocycles. The van der Waals surface area contributed by atoms with Crippen molar-refractivity contribution in [3.05, 3.63) is 34.6 Å². The first kappa shape index (κ1) is 13.0. The number of hydrogen-bond donors (Lipinski definition) is 1. The highest BCUT2D eigenvalue weighted by molar-refractivity contribution is 7.15. The van der Waals surface area contributed by atoms with Crippen LogP contribution >= 0.6 is 11.3 Å². The van der Waals surface area contributed by atoms with E-state index in [0.29, 0.717) is 11.3 Å². The van der Waals surface area contributed by atoms with Crippen LogP contribution in [0.1, 0.15) is 23.5 Å². The smallest absolute Gasteiger partial charge is 0.129 e. The number of benzene rings is 1. The zero-order valence-electron chi connectivity index (χ0n) is 10.5. The number of aryl methyl sites for hydroxylation is 1. The Hall–Kier alpha value is -1.46. The standard InChI is InChI=1S/C13H15FN2OS/c1-7(15)12-8(2)16-13(18-12)10-6-9(14)4-5-11(10)17-3/h4-7H,15H2,1-3H3. The SMILES string of the molecule is COc1ccc(F)cc1-c1nc(C)c(C(C)N)s1. The zero-order valence-corrected chi connectivity index (χ0v) is 11.3. The Balaban J connectivity index is 2.54. The van der Waals surface area contributed by atoms with Gasteiger partial charge >= 0.3 is 0 Å². The largest absolute Gasteiger partial charge is 0.496 e. The van der Waals surface area contributed by atoms with Crippen LogP contribution in [0, 0.1) is 12.7 Å². The monoisotopic (exact) mass is 266 g/mol. The summed E-state index contributed by atoms with van der Waals surface area (Å²) in [4.78, 5) is 5.45. The number of rotatable bonds is 3. The van der Waals surface area contributed by atoms with Crippen LogP contribution in [-0.2, 0) is 0 Å². The Morgan fingerprint density at radius 3 is 2.72 bits per heavy atom. The second-order valence-electron chi connectivity index (χ2n) is 4.10. The van der Waals surface area contributed by atoms with Crippen molar-refractivity contribution in [1.29, 1.82) is 0 Å².